The molecule has 0 heterocycles. The molecule has 0 saturated heterocycles. The lowest BCUT2D eigenvalue weighted by molar-refractivity contribution is -0.387. The van der Waals surface area contributed by atoms with Crippen molar-refractivity contribution in [1.82, 2.24) is 4.72 Å². The van der Waals surface area contributed by atoms with E-state index in [2.05, 4.69) is 4.72 Å². The first-order chi connectivity index (χ1) is 10.2. The number of nitrogens with two attached hydrogens (primary N) is 1. The summed E-state index contributed by atoms with van der Waals surface area (Å²) in [5.74, 6) is 0.209. The van der Waals surface area contributed by atoms with Crippen molar-refractivity contribution in [2.24, 2.45) is 5.73 Å². The predicted molar refractivity (Wildman–Crippen MR) is 89.6 cm³/mol. The fourth-order valence-corrected chi connectivity index (χ4v) is 3.10. The summed E-state index contributed by atoms with van der Waals surface area (Å²) in [4.78, 5) is 9.92. The number of sulfonamides is 1. The van der Waals surface area contributed by atoms with Gasteiger partial charge in [-0.3, -0.25) is 10.1 Å². The lowest BCUT2D eigenvalue weighted by Crippen LogP contribution is -2.49. The average molecular weight is 368 g/mol. The van der Waals surface area contributed by atoms with Crippen LogP contribution in [-0.2, 0) is 10.0 Å². The minimum atomic E-state index is -4.04. The Morgan fingerprint density at radius 2 is 1.91 bits per heavy atom. The van der Waals surface area contributed by atoms with Gasteiger partial charge in [0.05, 0.1) is 18.1 Å². The number of hydrogen-bond donors (Lipinski definition) is 2. The molecule has 0 saturated carbocycles. The summed E-state index contributed by atoms with van der Waals surface area (Å²) in [6.07, 6.45) is 1.16. The van der Waals surface area contributed by atoms with Gasteiger partial charge in [0.1, 0.15) is 5.75 Å². The fourth-order valence-electron chi connectivity index (χ4n) is 1.81. The van der Waals surface area contributed by atoms with Crippen LogP contribution in [0.5, 0.6) is 5.75 Å². The quantitative estimate of drug-likeness (QED) is 0.533. The third kappa shape index (κ3) is 5.31. The van der Waals surface area contributed by atoms with E-state index < -0.39 is 31.1 Å². The summed E-state index contributed by atoms with van der Waals surface area (Å²) >= 11 is 0. The Kier molecular flexibility index (Phi) is 7.92. The van der Waals surface area contributed by atoms with E-state index in [0.717, 1.165) is 12.1 Å². The van der Waals surface area contributed by atoms with E-state index in [1.807, 2.05) is 13.8 Å². The highest BCUT2D eigenvalue weighted by atomic mass is 35.5. The highest BCUT2D eigenvalue weighted by Crippen LogP contribution is 2.28. The highest BCUT2D eigenvalue weighted by molar-refractivity contribution is 7.89. The summed E-state index contributed by atoms with van der Waals surface area (Å²) in [5.41, 5.74) is 4.82. The number of nitrogens with one attached hydrogen (secondary N) is 1. The van der Waals surface area contributed by atoms with Gasteiger partial charge >= 0.3 is 0 Å². The zero-order chi connectivity index (χ0) is 17.0. The first kappa shape index (κ1) is 21.6. The maximum absolute atomic E-state index is 12.3. The van der Waals surface area contributed by atoms with Gasteiger partial charge in [0, 0.05) is 12.1 Å². The lowest BCUT2D eigenvalue weighted by Gasteiger charge is -2.26. The normalized spacial score (nSPS) is 11.7. The molecule has 8 nitrogen and oxygen atoms in total. The second kappa shape index (κ2) is 8.44. The molecule has 0 aromatic heterocycles. The van der Waals surface area contributed by atoms with E-state index in [1.165, 1.54) is 13.2 Å². The van der Waals surface area contributed by atoms with Crippen LogP contribution in [0.4, 0.5) is 5.69 Å². The smallest absolute Gasteiger partial charge is 0.293 e. The molecule has 0 fully saturated rings. The molecule has 0 aliphatic heterocycles. The van der Waals surface area contributed by atoms with Crippen LogP contribution in [0.1, 0.15) is 26.7 Å². The average Bonchev–Trinajstić information content (AvgIpc) is 2.52. The number of benzene rings is 1. The highest BCUT2D eigenvalue weighted by Gasteiger charge is 2.29. The Bertz CT molecular complexity index is 647. The summed E-state index contributed by atoms with van der Waals surface area (Å²) in [6.45, 7) is 3.72. The molecule has 23 heavy (non-hydrogen) atoms. The van der Waals surface area contributed by atoms with E-state index in [-0.39, 0.29) is 24.7 Å². The minimum Gasteiger partial charge on any atom is -0.497 e. The van der Waals surface area contributed by atoms with Gasteiger partial charge < -0.3 is 10.5 Å². The fraction of sp³-hybridized carbons (Fsp3) is 0.538. The molecule has 3 N–H and O–H groups in total. The zero-order valence-corrected chi connectivity index (χ0v) is 14.9. The molecule has 0 aliphatic carbocycles. The van der Waals surface area contributed by atoms with Gasteiger partial charge in [0.2, 0.25) is 10.0 Å². The number of nitro benzene ring substituents is 1. The standard InChI is InChI=1S/C13H21N3O5S.ClH/c1-4-13(14,5-2)9-15-22(19,20)12-7-6-10(21-3)8-11(12)16(17)18;/h6-8,15H,4-5,9,14H2,1-3H3;1H. The molecule has 1 rings (SSSR count). The van der Waals surface area contributed by atoms with E-state index in [0.29, 0.717) is 12.8 Å². The Hall–Kier alpha value is -1.42. The van der Waals surface area contributed by atoms with Crippen molar-refractivity contribution in [1.29, 1.82) is 0 Å². The van der Waals surface area contributed by atoms with E-state index in [4.69, 9.17) is 10.5 Å². The molecule has 0 amide bonds. The van der Waals surface area contributed by atoms with Gasteiger partial charge in [-0.15, -0.1) is 12.4 Å². The van der Waals surface area contributed by atoms with Gasteiger partial charge in [0.15, 0.2) is 4.90 Å². The van der Waals surface area contributed by atoms with E-state index in [1.54, 1.807) is 0 Å². The topological polar surface area (TPSA) is 125 Å². The van der Waals surface area contributed by atoms with Crippen LogP contribution in [0.25, 0.3) is 0 Å². The summed E-state index contributed by atoms with van der Waals surface area (Å²) in [6, 6.07) is 3.58. The van der Waals surface area contributed by atoms with Crippen LogP contribution in [0.3, 0.4) is 0 Å². The molecular formula is C13H22ClN3O5S. The number of hydrogen-bond acceptors (Lipinski definition) is 6. The molecule has 0 unspecified atom stereocenters. The van der Waals surface area contributed by atoms with Gasteiger partial charge in [-0.1, -0.05) is 13.8 Å². The summed E-state index contributed by atoms with van der Waals surface area (Å²) < 4.78 is 31.9. The monoisotopic (exact) mass is 367 g/mol. The van der Waals surface area contributed by atoms with Gasteiger partial charge in [-0.25, -0.2) is 13.1 Å². The third-order valence-electron chi connectivity index (χ3n) is 3.67. The molecule has 10 heteroatoms. The number of rotatable bonds is 8. The van der Waals surface area contributed by atoms with Crippen molar-refractivity contribution in [3.8, 4) is 5.75 Å². The Morgan fingerprint density at radius 3 is 2.35 bits per heavy atom. The molecule has 0 spiro atoms. The van der Waals surface area contributed by atoms with Crippen molar-refractivity contribution in [2.45, 2.75) is 37.1 Å². The van der Waals surface area contributed by atoms with Gasteiger partial charge in [0.25, 0.3) is 5.69 Å². The van der Waals surface area contributed by atoms with E-state index in [9.17, 15) is 18.5 Å². The second-order valence-corrected chi connectivity index (χ2v) is 6.72. The van der Waals surface area contributed by atoms with Crippen molar-refractivity contribution in [3.05, 3.63) is 28.3 Å². The van der Waals surface area contributed by atoms with E-state index >= 15 is 0 Å². The molecule has 1 aromatic rings. The van der Waals surface area contributed by atoms with Crippen LogP contribution in [0.2, 0.25) is 0 Å². The van der Waals surface area contributed by atoms with Crippen LogP contribution in [-0.4, -0.2) is 32.5 Å². The first-order valence-electron chi connectivity index (χ1n) is 6.80. The van der Waals surface area contributed by atoms with Crippen molar-refractivity contribution in [3.63, 3.8) is 0 Å². The minimum absolute atomic E-state index is 0. The van der Waals surface area contributed by atoms with Crippen LogP contribution in [0.15, 0.2) is 23.1 Å². The van der Waals surface area contributed by atoms with Gasteiger partial charge in [-0.2, -0.15) is 0 Å². The number of halogens is 1. The van der Waals surface area contributed by atoms with Crippen LogP contribution < -0.4 is 15.2 Å². The molecule has 132 valence electrons. The van der Waals surface area contributed by atoms with Crippen molar-refractivity contribution in [2.75, 3.05) is 13.7 Å². The molecule has 0 aliphatic rings. The largest absolute Gasteiger partial charge is 0.497 e. The zero-order valence-electron chi connectivity index (χ0n) is 13.2. The Labute approximate surface area is 142 Å². The third-order valence-corrected chi connectivity index (χ3v) is 5.12. The lowest BCUT2D eigenvalue weighted by atomic mass is 9.95. The molecule has 0 bridgehead atoms. The number of nitro groups is 1. The molecular weight excluding hydrogens is 346 g/mol. The molecule has 0 radical (unpaired) electrons. The maximum atomic E-state index is 12.3. The maximum Gasteiger partial charge on any atom is 0.293 e. The van der Waals surface area contributed by atoms with Gasteiger partial charge in [-0.05, 0) is 25.0 Å². The SMILES string of the molecule is CCC(N)(CC)CNS(=O)(=O)c1ccc(OC)cc1[N+](=O)[O-].Cl. The molecule has 0 atom stereocenters. The Morgan fingerprint density at radius 1 is 1.35 bits per heavy atom. The summed E-state index contributed by atoms with van der Waals surface area (Å²) in [5, 5.41) is 11.1. The van der Waals surface area contributed by atoms with Crippen LogP contribution >= 0.6 is 12.4 Å². The first-order valence-corrected chi connectivity index (χ1v) is 8.28. The Balaban J connectivity index is 0.00000484. The number of ether oxygens (including phenoxy) is 1. The van der Waals surface area contributed by atoms with Crippen LogP contribution in [0, 0.1) is 10.1 Å². The number of methoxy groups -OCH3 is 1. The van der Waals surface area contributed by atoms with Crippen molar-refractivity contribution < 1.29 is 18.1 Å². The second-order valence-electron chi connectivity index (χ2n) is 4.98. The number of nitrogens with zero attached hydrogens (tertiary/aromatic N) is 1. The molecule has 1 aromatic carbocycles. The summed E-state index contributed by atoms with van der Waals surface area (Å²) in [7, 11) is -2.70. The van der Waals surface area contributed by atoms with Crippen molar-refractivity contribution >= 4 is 28.1 Å². The predicted octanol–water partition coefficient (Wildman–Crippen LogP) is 1.82.